The Bertz CT molecular complexity index is 424. The summed E-state index contributed by atoms with van der Waals surface area (Å²) in [5.41, 5.74) is 5.78. The molecule has 0 saturated carbocycles. The molecule has 0 aromatic carbocycles. The van der Waals surface area contributed by atoms with Crippen molar-refractivity contribution in [2.24, 2.45) is 11.7 Å². The Morgan fingerprint density at radius 2 is 2.20 bits per heavy atom. The average molecular weight is 330 g/mol. The van der Waals surface area contributed by atoms with Crippen molar-refractivity contribution in [1.29, 1.82) is 0 Å². The van der Waals surface area contributed by atoms with E-state index in [4.69, 9.17) is 5.73 Å². The van der Waals surface area contributed by atoms with E-state index in [0.29, 0.717) is 23.9 Å². The van der Waals surface area contributed by atoms with Crippen molar-refractivity contribution >= 4 is 23.7 Å². The van der Waals surface area contributed by atoms with Gasteiger partial charge in [-0.1, -0.05) is 6.92 Å². The third-order valence-corrected chi connectivity index (χ3v) is 4.65. The normalized spacial score (nSPS) is 24.4. The summed E-state index contributed by atoms with van der Waals surface area (Å²) in [4.78, 5) is 6.29. The van der Waals surface area contributed by atoms with Crippen LogP contribution in [0.15, 0.2) is 6.20 Å². The molecule has 1 fully saturated rings. The van der Waals surface area contributed by atoms with Gasteiger partial charge in [0.25, 0.3) is 0 Å². The van der Waals surface area contributed by atoms with Crippen LogP contribution >= 0.6 is 23.7 Å². The van der Waals surface area contributed by atoms with Gasteiger partial charge in [-0.3, -0.25) is 4.90 Å². The summed E-state index contributed by atoms with van der Waals surface area (Å²) in [6.45, 7) is 4.11. The summed E-state index contributed by atoms with van der Waals surface area (Å²) in [6, 6.07) is 0.255. The molecule has 0 amide bonds. The molecule has 1 aliphatic rings. The highest BCUT2D eigenvalue weighted by atomic mass is 35.5. The number of hydrogen-bond acceptors (Lipinski definition) is 4. The van der Waals surface area contributed by atoms with E-state index in [0.717, 1.165) is 30.7 Å². The lowest BCUT2D eigenvalue weighted by molar-refractivity contribution is -0.137. The maximum absolute atomic E-state index is 12.5. The highest BCUT2D eigenvalue weighted by Crippen LogP contribution is 2.33. The lowest BCUT2D eigenvalue weighted by Crippen LogP contribution is -2.47. The molecule has 1 aromatic rings. The third kappa shape index (κ3) is 4.07. The Labute approximate surface area is 126 Å². The van der Waals surface area contributed by atoms with Crippen molar-refractivity contribution in [2.45, 2.75) is 38.5 Å². The Kier molecular flexibility index (Phi) is 6.25. The summed E-state index contributed by atoms with van der Waals surface area (Å²) in [5.74, 6) is 0.494. The van der Waals surface area contributed by atoms with Crippen molar-refractivity contribution in [2.75, 3.05) is 13.1 Å². The van der Waals surface area contributed by atoms with Gasteiger partial charge in [0.1, 0.15) is 0 Å². The van der Waals surface area contributed by atoms with Gasteiger partial charge in [-0.2, -0.15) is 13.2 Å². The van der Waals surface area contributed by atoms with E-state index >= 15 is 0 Å². The fourth-order valence-electron chi connectivity index (χ4n) is 2.62. The first kappa shape index (κ1) is 17.7. The summed E-state index contributed by atoms with van der Waals surface area (Å²) in [5, 5.41) is -0.767. The van der Waals surface area contributed by atoms with Crippen LogP contribution in [0.5, 0.6) is 0 Å². The Morgan fingerprint density at radius 1 is 1.50 bits per heavy atom. The monoisotopic (exact) mass is 329 g/mol. The predicted molar refractivity (Wildman–Crippen MR) is 76.0 cm³/mol. The van der Waals surface area contributed by atoms with Crippen LogP contribution in [0.3, 0.4) is 0 Å². The zero-order chi connectivity index (χ0) is 14.0. The first-order chi connectivity index (χ1) is 8.91. The maximum Gasteiger partial charge on any atom is 0.443 e. The summed E-state index contributed by atoms with van der Waals surface area (Å²) < 4.78 is 37.5. The summed E-state index contributed by atoms with van der Waals surface area (Å²) in [6.07, 6.45) is -0.802. The fourth-order valence-corrected chi connectivity index (χ4v) is 3.43. The first-order valence-corrected chi connectivity index (χ1v) is 7.19. The number of hydrogen-bond donors (Lipinski definition) is 1. The molecule has 0 spiro atoms. The molecular weight excluding hydrogens is 311 g/mol. The minimum atomic E-state index is -4.34. The molecule has 2 N–H and O–H groups in total. The molecule has 1 saturated heterocycles. The summed E-state index contributed by atoms with van der Waals surface area (Å²) >= 11 is 0.729. The van der Waals surface area contributed by atoms with Crippen LogP contribution < -0.4 is 5.73 Å². The molecule has 20 heavy (non-hydrogen) atoms. The smallest absolute Gasteiger partial charge is 0.329 e. The zero-order valence-corrected chi connectivity index (χ0v) is 12.8. The Morgan fingerprint density at radius 3 is 2.75 bits per heavy atom. The van der Waals surface area contributed by atoms with Crippen LogP contribution in [-0.2, 0) is 12.7 Å². The molecule has 8 heteroatoms. The molecule has 2 heterocycles. The van der Waals surface area contributed by atoms with Crippen molar-refractivity contribution < 1.29 is 13.2 Å². The van der Waals surface area contributed by atoms with Gasteiger partial charge in [0, 0.05) is 30.2 Å². The van der Waals surface area contributed by atoms with E-state index in [2.05, 4.69) is 16.8 Å². The number of nitrogens with two attached hydrogens (primary N) is 1. The van der Waals surface area contributed by atoms with Gasteiger partial charge in [-0.15, -0.1) is 23.7 Å². The van der Waals surface area contributed by atoms with E-state index in [-0.39, 0.29) is 18.4 Å². The molecule has 0 radical (unpaired) electrons. The van der Waals surface area contributed by atoms with E-state index in [1.54, 1.807) is 0 Å². The molecule has 2 rings (SSSR count). The highest BCUT2D eigenvalue weighted by Gasteiger charge is 2.35. The molecule has 116 valence electrons. The van der Waals surface area contributed by atoms with Crippen molar-refractivity contribution in [3.63, 3.8) is 0 Å². The Balaban J connectivity index is 0.00000200. The molecule has 3 nitrogen and oxygen atoms in total. The first-order valence-electron chi connectivity index (χ1n) is 6.38. The number of nitrogens with zero attached hydrogens (tertiary/aromatic N) is 2. The third-order valence-electron chi connectivity index (χ3n) is 3.63. The average Bonchev–Trinajstić information content (AvgIpc) is 2.77. The largest absolute Gasteiger partial charge is 0.443 e. The standard InChI is InChI=1S/C12H18F3N3S.ClH/c1-8-3-2-4-18(10(8)5-16)7-9-6-17-11(19-9)12(13,14)15;/h6,8,10H,2-5,7,16H2,1H3;1H. The van der Waals surface area contributed by atoms with Crippen molar-refractivity contribution in [3.05, 3.63) is 16.1 Å². The number of halogens is 4. The minimum Gasteiger partial charge on any atom is -0.329 e. The lowest BCUT2D eigenvalue weighted by atomic mass is 9.91. The van der Waals surface area contributed by atoms with Gasteiger partial charge in [0.2, 0.25) is 0 Å². The van der Waals surface area contributed by atoms with Gasteiger partial charge in [0.15, 0.2) is 5.01 Å². The predicted octanol–water partition coefficient (Wildman–Crippen LogP) is 3.14. The summed E-state index contributed by atoms with van der Waals surface area (Å²) in [7, 11) is 0. The van der Waals surface area contributed by atoms with E-state index < -0.39 is 11.2 Å². The SMILES string of the molecule is CC1CCCN(Cc2cnc(C(F)(F)F)s2)C1CN.Cl. The van der Waals surface area contributed by atoms with Crippen LogP contribution in [0, 0.1) is 5.92 Å². The van der Waals surface area contributed by atoms with Gasteiger partial charge in [-0.25, -0.2) is 4.98 Å². The second kappa shape index (κ2) is 7.06. The second-order valence-corrected chi connectivity index (χ2v) is 6.14. The van der Waals surface area contributed by atoms with Gasteiger partial charge >= 0.3 is 6.18 Å². The molecule has 0 aliphatic carbocycles. The van der Waals surface area contributed by atoms with Gasteiger partial charge in [-0.05, 0) is 25.3 Å². The number of rotatable bonds is 3. The lowest BCUT2D eigenvalue weighted by Gasteiger charge is -2.39. The van der Waals surface area contributed by atoms with Crippen LogP contribution in [-0.4, -0.2) is 29.0 Å². The number of alkyl halides is 3. The minimum absolute atomic E-state index is 0. The molecule has 2 atom stereocenters. The molecule has 1 aromatic heterocycles. The number of likely N-dealkylation sites (tertiary alicyclic amines) is 1. The number of aromatic nitrogens is 1. The van der Waals surface area contributed by atoms with Crippen LogP contribution in [0.25, 0.3) is 0 Å². The van der Waals surface area contributed by atoms with Crippen LogP contribution in [0.1, 0.15) is 29.7 Å². The highest BCUT2D eigenvalue weighted by molar-refractivity contribution is 7.11. The maximum atomic E-state index is 12.5. The van der Waals surface area contributed by atoms with E-state index in [1.165, 1.54) is 6.20 Å². The second-order valence-electron chi connectivity index (χ2n) is 5.02. The van der Waals surface area contributed by atoms with E-state index in [1.807, 2.05) is 0 Å². The van der Waals surface area contributed by atoms with Crippen LogP contribution in [0.2, 0.25) is 0 Å². The number of thiazole rings is 1. The quantitative estimate of drug-likeness (QED) is 0.926. The van der Waals surface area contributed by atoms with Crippen molar-refractivity contribution in [1.82, 2.24) is 9.88 Å². The molecule has 2 unspecified atom stereocenters. The molecule has 0 bridgehead atoms. The van der Waals surface area contributed by atoms with Gasteiger partial charge in [0.05, 0.1) is 0 Å². The van der Waals surface area contributed by atoms with E-state index in [9.17, 15) is 13.2 Å². The van der Waals surface area contributed by atoms with Gasteiger partial charge < -0.3 is 5.73 Å². The fraction of sp³-hybridized carbons (Fsp3) is 0.750. The van der Waals surface area contributed by atoms with Crippen molar-refractivity contribution in [3.8, 4) is 0 Å². The molecule has 1 aliphatic heterocycles. The topological polar surface area (TPSA) is 42.2 Å². The number of piperidine rings is 1. The van der Waals surface area contributed by atoms with Crippen LogP contribution in [0.4, 0.5) is 13.2 Å². The molecular formula is C12H19ClF3N3S. The zero-order valence-electron chi connectivity index (χ0n) is 11.2. The Hall–Kier alpha value is -0.370.